The zero-order valence-corrected chi connectivity index (χ0v) is 15.4. The highest BCUT2D eigenvalue weighted by Gasteiger charge is 2.21. The van der Waals surface area contributed by atoms with Crippen molar-refractivity contribution in [3.8, 4) is 5.75 Å². The number of benzene rings is 1. The predicted molar refractivity (Wildman–Crippen MR) is 105 cm³/mol. The maximum absolute atomic E-state index is 10.0. The van der Waals surface area contributed by atoms with Crippen molar-refractivity contribution >= 4 is 11.6 Å². The molecule has 0 atom stereocenters. The van der Waals surface area contributed by atoms with E-state index in [1.807, 2.05) is 35.1 Å². The minimum Gasteiger partial charge on any atom is -0.506 e. The lowest BCUT2D eigenvalue weighted by atomic mass is 10.2. The van der Waals surface area contributed by atoms with Gasteiger partial charge in [0.25, 0.3) is 0 Å². The number of para-hydroxylation sites is 2. The van der Waals surface area contributed by atoms with Gasteiger partial charge in [-0.2, -0.15) is 5.10 Å². The number of phenolic OH excluding ortho intramolecular Hbond substituents is 1. The van der Waals surface area contributed by atoms with Crippen LogP contribution in [0.15, 0.2) is 47.7 Å². The van der Waals surface area contributed by atoms with Crippen LogP contribution in [-0.4, -0.2) is 65.0 Å². The van der Waals surface area contributed by atoms with Gasteiger partial charge in [0.1, 0.15) is 5.75 Å². The number of rotatable bonds is 6. The second-order valence-corrected chi connectivity index (χ2v) is 6.32. The number of aliphatic imine (C=N–C) groups is 1. The fraction of sp³-hybridized carbons (Fsp3) is 0.474. The van der Waals surface area contributed by atoms with Crippen LogP contribution in [0.5, 0.6) is 5.75 Å². The van der Waals surface area contributed by atoms with Gasteiger partial charge >= 0.3 is 0 Å². The van der Waals surface area contributed by atoms with Crippen LogP contribution in [0.25, 0.3) is 0 Å². The van der Waals surface area contributed by atoms with Crippen LogP contribution < -0.4 is 10.2 Å². The van der Waals surface area contributed by atoms with Gasteiger partial charge in [0, 0.05) is 58.2 Å². The third kappa shape index (κ3) is 4.68. The highest BCUT2D eigenvalue weighted by Crippen LogP contribution is 2.27. The van der Waals surface area contributed by atoms with Gasteiger partial charge in [0.2, 0.25) is 0 Å². The molecule has 1 aliphatic rings. The Hall–Kier alpha value is -2.70. The number of piperazine rings is 1. The number of phenols is 1. The first-order valence-electron chi connectivity index (χ1n) is 9.31. The molecule has 3 rings (SSSR count). The van der Waals surface area contributed by atoms with Crippen molar-refractivity contribution < 1.29 is 5.11 Å². The summed E-state index contributed by atoms with van der Waals surface area (Å²) in [6.45, 7) is 8.14. The van der Waals surface area contributed by atoms with E-state index in [0.29, 0.717) is 5.75 Å². The molecule has 0 spiro atoms. The number of nitrogens with one attached hydrogen (secondary N) is 1. The third-order valence-corrected chi connectivity index (χ3v) is 4.50. The first kappa shape index (κ1) is 18.1. The van der Waals surface area contributed by atoms with Crippen LogP contribution >= 0.6 is 0 Å². The Morgan fingerprint density at radius 1 is 1.19 bits per heavy atom. The molecule has 2 aromatic rings. The zero-order chi connectivity index (χ0) is 18.2. The van der Waals surface area contributed by atoms with Crippen molar-refractivity contribution in [2.75, 3.05) is 44.2 Å². The quantitative estimate of drug-likeness (QED) is 0.469. The summed E-state index contributed by atoms with van der Waals surface area (Å²) in [6, 6.07) is 9.48. The molecule has 7 nitrogen and oxygen atoms in total. The van der Waals surface area contributed by atoms with E-state index in [0.717, 1.165) is 63.9 Å². The normalized spacial score (nSPS) is 15.3. The van der Waals surface area contributed by atoms with Crippen LogP contribution in [0.1, 0.15) is 13.3 Å². The molecular weight excluding hydrogens is 328 g/mol. The highest BCUT2D eigenvalue weighted by atomic mass is 16.3. The number of guanidine groups is 1. The number of aryl methyl sites for hydroxylation is 1. The van der Waals surface area contributed by atoms with E-state index in [1.165, 1.54) is 0 Å². The summed E-state index contributed by atoms with van der Waals surface area (Å²) >= 11 is 0. The van der Waals surface area contributed by atoms with E-state index < -0.39 is 0 Å². The number of hydrogen-bond acceptors (Lipinski definition) is 4. The van der Waals surface area contributed by atoms with Crippen LogP contribution in [0.2, 0.25) is 0 Å². The fourth-order valence-corrected chi connectivity index (χ4v) is 3.17. The Bertz CT molecular complexity index is 692. The summed E-state index contributed by atoms with van der Waals surface area (Å²) in [7, 11) is 0. The molecule has 0 amide bonds. The van der Waals surface area contributed by atoms with E-state index in [2.05, 4.69) is 27.1 Å². The number of nitrogens with zero attached hydrogens (tertiary/aromatic N) is 5. The van der Waals surface area contributed by atoms with Gasteiger partial charge in [-0.25, -0.2) is 0 Å². The fourth-order valence-electron chi connectivity index (χ4n) is 3.17. The van der Waals surface area contributed by atoms with E-state index >= 15 is 0 Å². The van der Waals surface area contributed by atoms with E-state index in [4.69, 9.17) is 4.99 Å². The molecule has 140 valence electrons. The molecule has 1 saturated heterocycles. The van der Waals surface area contributed by atoms with E-state index in [9.17, 15) is 5.11 Å². The lowest BCUT2D eigenvalue weighted by Gasteiger charge is -2.37. The molecular formula is C19H28N6O. The summed E-state index contributed by atoms with van der Waals surface area (Å²) in [5.41, 5.74) is 0.910. The molecule has 0 bridgehead atoms. The second-order valence-electron chi connectivity index (χ2n) is 6.32. The van der Waals surface area contributed by atoms with Crippen molar-refractivity contribution in [3.63, 3.8) is 0 Å². The summed E-state index contributed by atoms with van der Waals surface area (Å²) < 4.78 is 1.94. The van der Waals surface area contributed by atoms with E-state index in [-0.39, 0.29) is 0 Å². The van der Waals surface area contributed by atoms with Gasteiger partial charge < -0.3 is 20.2 Å². The Labute approximate surface area is 154 Å². The van der Waals surface area contributed by atoms with Gasteiger partial charge in [-0.1, -0.05) is 12.1 Å². The molecule has 1 aliphatic heterocycles. The van der Waals surface area contributed by atoms with Gasteiger partial charge in [-0.3, -0.25) is 9.67 Å². The number of hydrogen-bond donors (Lipinski definition) is 2. The predicted octanol–water partition coefficient (Wildman–Crippen LogP) is 1.77. The van der Waals surface area contributed by atoms with Crippen LogP contribution in [0.4, 0.5) is 5.69 Å². The highest BCUT2D eigenvalue weighted by molar-refractivity contribution is 5.80. The molecule has 1 aromatic carbocycles. The molecule has 2 N–H and O–H groups in total. The Balaban J connectivity index is 1.52. The lowest BCUT2D eigenvalue weighted by molar-refractivity contribution is 0.369. The van der Waals surface area contributed by atoms with Crippen molar-refractivity contribution in [1.82, 2.24) is 20.0 Å². The van der Waals surface area contributed by atoms with Gasteiger partial charge in [-0.05, 0) is 31.5 Å². The van der Waals surface area contributed by atoms with Crippen LogP contribution in [0, 0.1) is 0 Å². The van der Waals surface area contributed by atoms with Crippen molar-refractivity contribution in [2.24, 2.45) is 4.99 Å². The van der Waals surface area contributed by atoms with Crippen molar-refractivity contribution in [3.05, 3.63) is 42.7 Å². The number of anilines is 1. The SMILES string of the molecule is CCNC(=NCCCn1cccn1)N1CCN(c2ccccc2O)CC1. The maximum Gasteiger partial charge on any atom is 0.194 e. The summed E-state index contributed by atoms with van der Waals surface area (Å²) in [5, 5.41) is 17.7. The molecule has 7 heteroatoms. The Morgan fingerprint density at radius 3 is 2.69 bits per heavy atom. The van der Waals surface area contributed by atoms with Crippen molar-refractivity contribution in [2.45, 2.75) is 19.9 Å². The largest absolute Gasteiger partial charge is 0.506 e. The van der Waals surface area contributed by atoms with Crippen LogP contribution in [-0.2, 0) is 6.54 Å². The average molecular weight is 356 g/mol. The molecule has 1 fully saturated rings. The van der Waals surface area contributed by atoms with E-state index in [1.54, 1.807) is 12.3 Å². The average Bonchev–Trinajstić information content (AvgIpc) is 3.18. The van der Waals surface area contributed by atoms with Gasteiger partial charge in [0.05, 0.1) is 5.69 Å². The zero-order valence-electron chi connectivity index (χ0n) is 15.4. The molecule has 2 heterocycles. The first-order valence-corrected chi connectivity index (χ1v) is 9.31. The molecule has 0 saturated carbocycles. The molecule has 1 aromatic heterocycles. The topological polar surface area (TPSA) is 68.9 Å². The third-order valence-electron chi connectivity index (χ3n) is 4.50. The minimum atomic E-state index is 0.347. The summed E-state index contributed by atoms with van der Waals surface area (Å²) in [5.74, 6) is 1.32. The maximum atomic E-state index is 10.0. The first-order chi connectivity index (χ1) is 12.8. The standard InChI is InChI=1S/C19H28N6O/c1-2-20-19(21-9-5-11-25-12-6-10-22-25)24-15-13-23(14-16-24)17-7-3-4-8-18(17)26/h3-4,6-8,10,12,26H,2,5,9,11,13-16H2,1H3,(H,20,21). The minimum absolute atomic E-state index is 0.347. The molecule has 0 unspecified atom stereocenters. The lowest BCUT2D eigenvalue weighted by Crippen LogP contribution is -2.52. The number of aromatic hydroxyl groups is 1. The monoisotopic (exact) mass is 356 g/mol. The van der Waals surface area contributed by atoms with Gasteiger partial charge in [-0.15, -0.1) is 0 Å². The molecule has 0 radical (unpaired) electrons. The summed E-state index contributed by atoms with van der Waals surface area (Å²) in [6.07, 6.45) is 4.75. The summed E-state index contributed by atoms with van der Waals surface area (Å²) in [4.78, 5) is 9.30. The molecule has 26 heavy (non-hydrogen) atoms. The number of aromatic nitrogens is 2. The smallest absolute Gasteiger partial charge is 0.194 e. The Morgan fingerprint density at radius 2 is 2.00 bits per heavy atom. The second kappa shape index (κ2) is 9.12. The van der Waals surface area contributed by atoms with Crippen molar-refractivity contribution in [1.29, 1.82) is 0 Å². The Kier molecular flexibility index (Phi) is 6.35. The van der Waals surface area contributed by atoms with Crippen LogP contribution in [0.3, 0.4) is 0 Å². The van der Waals surface area contributed by atoms with Gasteiger partial charge in [0.15, 0.2) is 5.96 Å². The molecule has 0 aliphatic carbocycles.